The maximum absolute atomic E-state index is 13.0. The van der Waals surface area contributed by atoms with E-state index < -0.39 is 0 Å². The zero-order chi connectivity index (χ0) is 14.5. The van der Waals surface area contributed by atoms with Gasteiger partial charge in [0.25, 0.3) is 0 Å². The Morgan fingerprint density at radius 3 is 2.55 bits per heavy atom. The van der Waals surface area contributed by atoms with Crippen LogP contribution in [0, 0.1) is 5.82 Å². The lowest BCUT2D eigenvalue weighted by molar-refractivity contribution is 0.303. The number of allylic oxidation sites excluding steroid dienone is 3. The molecule has 0 amide bonds. The molecule has 1 aliphatic heterocycles. The highest BCUT2D eigenvalue weighted by molar-refractivity contribution is 5.59. The average molecular weight is 269 g/mol. The fourth-order valence-corrected chi connectivity index (χ4v) is 1.88. The standard InChI is InChI=1S/C17H16FNO/c1-4-5-13(2)17(19-10-11-20-14(19)3)12-15-6-8-16(18)9-7-15/h4-12H,1,3H2,2H3/b13-5+,17-12+. The van der Waals surface area contributed by atoms with Gasteiger partial charge >= 0.3 is 0 Å². The van der Waals surface area contributed by atoms with Gasteiger partial charge in [-0.15, -0.1) is 0 Å². The van der Waals surface area contributed by atoms with Crippen molar-refractivity contribution in [1.29, 1.82) is 0 Å². The van der Waals surface area contributed by atoms with Crippen LogP contribution in [0.25, 0.3) is 6.08 Å². The lowest BCUT2D eigenvalue weighted by Crippen LogP contribution is -2.13. The number of halogens is 1. The second-order valence-electron chi connectivity index (χ2n) is 4.33. The van der Waals surface area contributed by atoms with E-state index in [-0.39, 0.29) is 5.82 Å². The molecular weight excluding hydrogens is 253 g/mol. The Morgan fingerprint density at radius 1 is 1.30 bits per heavy atom. The first-order valence-corrected chi connectivity index (χ1v) is 6.20. The van der Waals surface area contributed by atoms with Gasteiger partial charge in [0.05, 0.1) is 5.70 Å². The molecule has 0 bridgehead atoms. The SMILES string of the molecule is C=C/C=C(C)/C(=C\c1ccc(F)cc1)N1C=COC1=C. The van der Waals surface area contributed by atoms with Crippen molar-refractivity contribution in [2.45, 2.75) is 6.92 Å². The van der Waals surface area contributed by atoms with Crippen molar-refractivity contribution in [3.05, 3.63) is 90.6 Å². The summed E-state index contributed by atoms with van der Waals surface area (Å²) in [5, 5.41) is 0. The number of hydrogen-bond donors (Lipinski definition) is 0. The quantitative estimate of drug-likeness (QED) is 0.742. The summed E-state index contributed by atoms with van der Waals surface area (Å²) in [5.41, 5.74) is 2.79. The molecule has 102 valence electrons. The largest absolute Gasteiger partial charge is 0.447 e. The van der Waals surface area contributed by atoms with E-state index in [2.05, 4.69) is 13.2 Å². The minimum absolute atomic E-state index is 0.254. The van der Waals surface area contributed by atoms with E-state index in [1.807, 2.05) is 24.0 Å². The van der Waals surface area contributed by atoms with E-state index in [0.29, 0.717) is 5.88 Å². The van der Waals surface area contributed by atoms with Crippen molar-refractivity contribution in [3.8, 4) is 0 Å². The molecule has 0 saturated heterocycles. The Hall–Kier alpha value is -2.55. The highest BCUT2D eigenvalue weighted by Gasteiger charge is 2.17. The smallest absolute Gasteiger partial charge is 0.196 e. The van der Waals surface area contributed by atoms with Crippen molar-refractivity contribution in [3.63, 3.8) is 0 Å². The lowest BCUT2D eigenvalue weighted by atomic mass is 10.1. The first-order valence-electron chi connectivity index (χ1n) is 6.20. The first-order chi connectivity index (χ1) is 9.61. The first kappa shape index (κ1) is 13.9. The van der Waals surface area contributed by atoms with E-state index in [4.69, 9.17) is 4.74 Å². The van der Waals surface area contributed by atoms with E-state index in [1.165, 1.54) is 12.1 Å². The fourth-order valence-electron chi connectivity index (χ4n) is 1.88. The average Bonchev–Trinajstić information content (AvgIpc) is 2.84. The van der Waals surface area contributed by atoms with Crippen LogP contribution in [0.5, 0.6) is 0 Å². The highest BCUT2D eigenvalue weighted by Crippen LogP contribution is 2.27. The topological polar surface area (TPSA) is 12.5 Å². The molecule has 1 aromatic rings. The monoisotopic (exact) mass is 269 g/mol. The maximum atomic E-state index is 13.0. The van der Waals surface area contributed by atoms with Crippen LogP contribution in [-0.4, -0.2) is 4.90 Å². The molecule has 1 aromatic carbocycles. The van der Waals surface area contributed by atoms with E-state index in [9.17, 15) is 4.39 Å². The Morgan fingerprint density at radius 2 is 2.00 bits per heavy atom. The maximum Gasteiger partial charge on any atom is 0.196 e. The van der Waals surface area contributed by atoms with Gasteiger partial charge in [-0.1, -0.05) is 30.9 Å². The summed E-state index contributed by atoms with van der Waals surface area (Å²) >= 11 is 0. The zero-order valence-electron chi connectivity index (χ0n) is 11.3. The van der Waals surface area contributed by atoms with Gasteiger partial charge in [-0.25, -0.2) is 4.39 Å². The Kier molecular flexibility index (Phi) is 4.20. The van der Waals surface area contributed by atoms with Crippen molar-refractivity contribution < 1.29 is 9.13 Å². The number of hydrogen-bond acceptors (Lipinski definition) is 2. The van der Waals surface area contributed by atoms with Crippen LogP contribution in [0.3, 0.4) is 0 Å². The normalized spacial score (nSPS) is 15.5. The van der Waals surface area contributed by atoms with Crippen LogP contribution in [-0.2, 0) is 4.74 Å². The van der Waals surface area contributed by atoms with E-state index >= 15 is 0 Å². The summed E-state index contributed by atoms with van der Waals surface area (Å²) in [7, 11) is 0. The molecule has 0 spiro atoms. The van der Waals surface area contributed by atoms with Gasteiger partial charge < -0.3 is 4.74 Å². The fraction of sp³-hybridized carbons (Fsp3) is 0.0588. The minimum Gasteiger partial charge on any atom is -0.447 e. The summed E-state index contributed by atoms with van der Waals surface area (Å²) in [5.74, 6) is 0.269. The van der Waals surface area contributed by atoms with E-state index in [0.717, 1.165) is 16.8 Å². The molecule has 0 atom stereocenters. The van der Waals surface area contributed by atoms with Crippen molar-refractivity contribution >= 4 is 6.08 Å². The third kappa shape index (κ3) is 3.06. The molecule has 0 fully saturated rings. The molecule has 1 aliphatic rings. The second kappa shape index (κ2) is 6.06. The molecule has 0 unspecified atom stereocenters. The van der Waals surface area contributed by atoms with Gasteiger partial charge in [-0.3, -0.25) is 4.90 Å². The Bertz CT molecular complexity index is 608. The van der Waals surface area contributed by atoms with Gasteiger partial charge in [-0.2, -0.15) is 0 Å². The van der Waals surface area contributed by atoms with Crippen LogP contribution in [0.15, 0.2) is 79.2 Å². The minimum atomic E-state index is -0.254. The molecule has 2 nitrogen and oxygen atoms in total. The summed E-state index contributed by atoms with van der Waals surface area (Å²) in [6.45, 7) is 9.51. The van der Waals surface area contributed by atoms with Gasteiger partial charge in [-0.05, 0) is 42.8 Å². The third-order valence-corrected chi connectivity index (χ3v) is 2.89. The lowest BCUT2D eigenvalue weighted by Gasteiger charge is -2.20. The van der Waals surface area contributed by atoms with Crippen molar-refractivity contribution in [2.24, 2.45) is 0 Å². The van der Waals surface area contributed by atoms with Crippen LogP contribution in [0.4, 0.5) is 4.39 Å². The van der Waals surface area contributed by atoms with Crippen LogP contribution < -0.4 is 0 Å². The molecule has 0 aromatic heterocycles. The molecule has 0 aliphatic carbocycles. The Labute approximate surface area is 118 Å². The summed E-state index contributed by atoms with van der Waals surface area (Å²) < 4.78 is 18.2. The van der Waals surface area contributed by atoms with Crippen molar-refractivity contribution in [2.75, 3.05) is 0 Å². The Balaban J connectivity index is 2.43. The van der Waals surface area contributed by atoms with Crippen LogP contribution >= 0.6 is 0 Å². The summed E-state index contributed by atoms with van der Waals surface area (Å²) in [6, 6.07) is 6.31. The van der Waals surface area contributed by atoms with Gasteiger partial charge in [0.1, 0.15) is 12.1 Å². The molecule has 2 rings (SSSR count). The molecule has 0 N–H and O–H groups in total. The van der Waals surface area contributed by atoms with Gasteiger partial charge in [0, 0.05) is 6.20 Å². The molecular formula is C17H16FNO. The number of rotatable bonds is 4. The molecule has 0 saturated carbocycles. The number of nitrogens with zero attached hydrogens (tertiary/aromatic N) is 1. The highest BCUT2D eigenvalue weighted by atomic mass is 19.1. The summed E-state index contributed by atoms with van der Waals surface area (Å²) in [4.78, 5) is 1.83. The third-order valence-electron chi connectivity index (χ3n) is 2.89. The van der Waals surface area contributed by atoms with Gasteiger partial charge in [0.15, 0.2) is 5.88 Å². The van der Waals surface area contributed by atoms with Crippen LogP contribution in [0.1, 0.15) is 12.5 Å². The summed E-state index contributed by atoms with van der Waals surface area (Å²) in [6.07, 6.45) is 8.92. The van der Waals surface area contributed by atoms with Crippen molar-refractivity contribution in [1.82, 2.24) is 4.90 Å². The number of benzene rings is 1. The molecule has 0 radical (unpaired) electrons. The second-order valence-corrected chi connectivity index (χ2v) is 4.33. The molecule has 1 heterocycles. The van der Waals surface area contributed by atoms with Crippen LogP contribution in [0.2, 0.25) is 0 Å². The predicted molar refractivity (Wildman–Crippen MR) is 79.5 cm³/mol. The molecule has 3 heteroatoms. The number of ether oxygens (including phenoxy) is 1. The molecule has 20 heavy (non-hydrogen) atoms. The van der Waals surface area contributed by atoms with E-state index in [1.54, 1.807) is 30.7 Å². The predicted octanol–water partition coefficient (Wildman–Crippen LogP) is 4.57. The zero-order valence-corrected chi connectivity index (χ0v) is 11.3. The van der Waals surface area contributed by atoms with Gasteiger partial charge in [0.2, 0.25) is 0 Å².